The maximum atomic E-state index is 12.8. The molecule has 6 nitrogen and oxygen atoms in total. The number of carbonyl (C=O) groups is 3. The van der Waals surface area contributed by atoms with E-state index in [9.17, 15) is 14.4 Å². The highest BCUT2D eigenvalue weighted by Gasteiger charge is 2.19. The summed E-state index contributed by atoms with van der Waals surface area (Å²) in [6.45, 7) is 6.46. The lowest BCUT2D eigenvalue weighted by atomic mass is 10.1. The van der Waals surface area contributed by atoms with Gasteiger partial charge in [-0.05, 0) is 128 Å². The van der Waals surface area contributed by atoms with Crippen LogP contribution in [0.1, 0.15) is 252 Å². The Bertz CT molecular complexity index is 1500. The molecule has 402 valence electrons. The molecule has 0 unspecified atom stereocenters. The average Bonchev–Trinajstić information content (AvgIpc) is 3.37. The minimum absolute atomic E-state index is 0.122. The topological polar surface area (TPSA) is 78.9 Å². The molecule has 0 rings (SSSR count). The number of rotatable bonds is 51. The predicted octanol–water partition coefficient (Wildman–Crippen LogP) is 19.6. The van der Waals surface area contributed by atoms with Crippen molar-refractivity contribution in [1.29, 1.82) is 0 Å². The maximum absolute atomic E-state index is 12.8. The van der Waals surface area contributed by atoms with E-state index in [-0.39, 0.29) is 44.0 Å². The van der Waals surface area contributed by atoms with Crippen LogP contribution in [0, 0.1) is 0 Å². The molecule has 0 aromatic rings. The number of hydrogen-bond donors (Lipinski definition) is 0. The molecular formula is C65H106O6. The second-order valence-electron chi connectivity index (χ2n) is 18.8. The number of ether oxygens (including phenoxy) is 3. The highest BCUT2D eigenvalue weighted by molar-refractivity contribution is 5.71. The summed E-state index contributed by atoms with van der Waals surface area (Å²) < 4.78 is 16.8. The summed E-state index contributed by atoms with van der Waals surface area (Å²) in [5.74, 6) is -1.04. The van der Waals surface area contributed by atoms with Gasteiger partial charge in [-0.25, -0.2) is 0 Å². The zero-order valence-electron chi connectivity index (χ0n) is 45.9. The first kappa shape index (κ1) is 66.8. The molecule has 71 heavy (non-hydrogen) atoms. The van der Waals surface area contributed by atoms with Gasteiger partial charge in [0.2, 0.25) is 0 Å². The smallest absolute Gasteiger partial charge is 0.306 e. The molecule has 0 aromatic heterocycles. The van der Waals surface area contributed by atoms with E-state index in [1.54, 1.807) is 0 Å². The third kappa shape index (κ3) is 56.6. The summed E-state index contributed by atoms with van der Waals surface area (Å²) in [6, 6.07) is 0. The molecule has 0 aromatic carbocycles. The molecule has 0 saturated heterocycles. The standard InChI is InChI=1S/C65H106O6/c1-4-7-10-13-16-19-22-25-28-31-32-35-37-40-43-46-49-52-55-58-64(67)70-61-62(71-65(68)59-56-53-50-47-44-41-38-34-30-27-24-21-18-15-12-9-6-3)60-69-63(66)57-54-51-48-45-42-39-36-33-29-26-23-20-17-14-11-8-5-2/h16-21,25-30,36,38-39,41,45,47-48,50,62H,4-15,22-24,31-35,37,40,42-44,46,49,51-61H2,1-3H3/b19-16+,20-17+,21-18+,28-25+,29-26+,30-27+,39-36+,41-38+,48-45+,50-47+/t62-/m1/s1. The van der Waals surface area contributed by atoms with E-state index in [0.717, 1.165) is 77.0 Å². The summed E-state index contributed by atoms with van der Waals surface area (Å²) in [6.07, 6.45) is 80.5. The molecule has 0 aliphatic rings. The van der Waals surface area contributed by atoms with Crippen molar-refractivity contribution in [1.82, 2.24) is 0 Å². The Hall–Kier alpha value is -4.19. The lowest BCUT2D eigenvalue weighted by molar-refractivity contribution is -0.167. The minimum atomic E-state index is -0.834. The van der Waals surface area contributed by atoms with Crippen LogP contribution in [0.25, 0.3) is 0 Å². The molecule has 0 heterocycles. The van der Waals surface area contributed by atoms with Gasteiger partial charge in [-0.15, -0.1) is 0 Å². The Labute approximate surface area is 437 Å². The Morgan fingerprint density at radius 2 is 0.521 bits per heavy atom. The number of allylic oxidation sites excluding steroid dienone is 20. The highest BCUT2D eigenvalue weighted by atomic mass is 16.6. The van der Waals surface area contributed by atoms with Crippen LogP contribution < -0.4 is 0 Å². The molecule has 0 aliphatic heterocycles. The van der Waals surface area contributed by atoms with Crippen LogP contribution in [-0.4, -0.2) is 37.2 Å². The van der Waals surface area contributed by atoms with Crippen molar-refractivity contribution in [3.8, 4) is 0 Å². The lowest BCUT2D eigenvalue weighted by Crippen LogP contribution is -2.30. The van der Waals surface area contributed by atoms with Crippen LogP contribution in [0.3, 0.4) is 0 Å². The largest absolute Gasteiger partial charge is 0.462 e. The van der Waals surface area contributed by atoms with Gasteiger partial charge in [-0.3, -0.25) is 14.4 Å². The zero-order chi connectivity index (χ0) is 51.4. The maximum Gasteiger partial charge on any atom is 0.306 e. The number of unbranched alkanes of at least 4 members (excludes halogenated alkanes) is 20. The van der Waals surface area contributed by atoms with Crippen molar-refractivity contribution in [2.75, 3.05) is 13.2 Å². The molecule has 0 bridgehead atoms. The third-order valence-electron chi connectivity index (χ3n) is 11.9. The molecule has 0 N–H and O–H groups in total. The molecule has 0 radical (unpaired) electrons. The van der Waals surface area contributed by atoms with Crippen molar-refractivity contribution in [2.24, 2.45) is 0 Å². The first-order valence-electron chi connectivity index (χ1n) is 29.0. The van der Waals surface area contributed by atoms with Crippen LogP contribution in [-0.2, 0) is 28.6 Å². The van der Waals surface area contributed by atoms with E-state index in [1.165, 1.54) is 122 Å². The Morgan fingerprint density at radius 1 is 0.282 bits per heavy atom. The van der Waals surface area contributed by atoms with Crippen molar-refractivity contribution >= 4 is 17.9 Å². The van der Waals surface area contributed by atoms with E-state index in [0.29, 0.717) is 19.3 Å². The summed E-state index contributed by atoms with van der Waals surface area (Å²) in [7, 11) is 0. The molecule has 0 aliphatic carbocycles. The fourth-order valence-corrected chi connectivity index (χ4v) is 7.52. The monoisotopic (exact) mass is 983 g/mol. The van der Waals surface area contributed by atoms with E-state index in [2.05, 4.69) is 142 Å². The summed E-state index contributed by atoms with van der Waals surface area (Å²) in [5, 5.41) is 0. The SMILES string of the molecule is CCCCC/C=C/C/C=C/C/C=C/C/C=C/CCCC(=O)OC[C@H](COC(=O)CCCCCCCCCCC/C=C/C/C=C/CCCCC)OC(=O)CCC/C=C/C/C=C/C/C=C/C/C=C/CCCCC. The lowest BCUT2D eigenvalue weighted by Gasteiger charge is -2.18. The molecule has 6 heteroatoms. The molecule has 0 fully saturated rings. The summed E-state index contributed by atoms with van der Waals surface area (Å²) >= 11 is 0. The van der Waals surface area contributed by atoms with E-state index in [4.69, 9.17) is 14.2 Å². The Balaban J connectivity index is 4.56. The van der Waals surface area contributed by atoms with Gasteiger partial charge >= 0.3 is 17.9 Å². The van der Waals surface area contributed by atoms with Gasteiger partial charge in [0.05, 0.1) is 0 Å². The van der Waals surface area contributed by atoms with Crippen molar-refractivity contribution in [3.05, 3.63) is 122 Å². The normalized spacial score (nSPS) is 13.0. The minimum Gasteiger partial charge on any atom is -0.462 e. The fraction of sp³-hybridized carbons (Fsp3) is 0.646. The first-order valence-corrected chi connectivity index (χ1v) is 29.0. The van der Waals surface area contributed by atoms with E-state index in [1.807, 2.05) is 0 Å². The Morgan fingerprint density at radius 3 is 0.845 bits per heavy atom. The second kappa shape index (κ2) is 58.4. The number of esters is 3. The van der Waals surface area contributed by atoms with Crippen molar-refractivity contribution < 1.29 is 28.6 Å². The van der Waals surface area contributed by atoms with Crippen molar-refractivity contribution in [3.63, 3.8) is 0 Å². The third-order valence-corrected chi connectivity index (χ3v) is 11.9. The second-order valence-corrected chi connectivity index (χ2v) is 18.8. The van der Waals surface area contributed by atoms with Gasteiger partial charge < -0.3 is 14.2 Å². The average molecular weight is 984 g/mol. The van der Waals surface area contributed by atoms with Gasteiger partial charge in [0.15, 0.2) is 6.10 Å². The molecule has 0 spiro atoms. The molecule has 1 atom stereocenters. The Kier molecular flexibility index (Phi) is 54.9. The zero-order valence-corrected chi connectivity index (χ0v) is 45.9. The van der Waals surface area contributed by atoms with Gasteiger partial charge in [0.25, 0.3) is 0 Å². The van der Waals surface area contributed by atoms with E-state index < -0.39 is 6.10 Å². The van der Waals surface area contributed by atoms with Gasteiger partial charge in [-0.2, -0.15) is 0 Å². The van der Waals surface area contributed by atoms with Gasteiger partial charge in [0.1, 0.15) is 13.2 Å². The van der Waals surface area contributed by atoms with Crippen LogP contribution in [0.2, 0.25) is 0 Å². The quantitative estimate of drug-likeness (QED) is 0.0261. The molecule has 0 amide bonds. The number of hydrogen-bond acceptors (Lipinski definition) is 6. The van der Waals surface area contributed by atoms with Crippen molar-refractivity contribution in [2.45, 2.75) is 258 Å². The fourth-order valence-electron chi connectivity index (χ4n) is 7.52. The highest BCUT2D eigenvalue weighted by Crippen LogP contribution is 2.13. The van der Waals surface area contributed by atoms with Gasteiger partial charge in [0, 0.05) is 19.3 Å². The van der Waals surface area contributed by atoms with Gasteiger partial charge in [-0.1, -0.05) is 226 Å². The molecule has 0 saturated carbocycles. The summed E-state index contributed by atoms with van der Waals surface area (Å²) in [5.41, 5.74) is 0. The van der Waals surface area contributed by atoms with Crippen LogP contribution in [0.4, 0.5) is 0 Å². The van der Waals surface area contributed by atoms with Crippen LogP contribution in [0.15, 0.2) is 122 Å². The molecular weight excluding hydrogens is 877 g/mol. The first-order chi connectivity index (χ1) is 35.0. The number of carbonyl (C=O) groups excluding carboxylic acids is 3. The van der Waals surface area contributed by atoms with Crippen LogP contribution in [0.5, 0.6) is 0 Å². The summed E-state index contributed by atoms with van der Waals surface area (Å²) in [4.78, 5) is 38.1. The predicted molar refractivity (Wildman–Crippen MR) is 306 cm³/mol. The van der Waals surface area contributed by atoms with E-state index >= 15 is 0 Å². The van der Waals surface area contributed by atoms with Crippen LogP contribution >= 0.6 is 0 Å².